The number of nitrogens with one attached hydrogen (secondary N) is 4. The Kier molecular flexibility index (Phi) is 34.0. The van der Waals surface area contributed by atoms with Crippen LogP contribution in [0.5, 0.6) is 0 Å². The van der Waals surface area contributed by atoms with Crippen molar-refractivity contribution in [3.05, 3.63) is 35.9 Å². The van der Waals surface area contributed by atoms with Crippen molar-refractivity contribution in [3.8, 4) is 0 Å². The van der Waals surface area contributed by atoms with Crippen LogP contribution in [0, 0.1) is 29.1 Å². The lowest BCUT2D eigenvalue weighted by molar-refractivity contribution is -0.242. The van der Waals surface area contributed by atoms with Crippen molar-refractivity contribution in [2.45, 2.75) is 228 Å². The first-order chi connectivity index (χ1) is 39.8. The number of hydrogen-bond acceptors (Lipinski definition) is 15. The number of aliphatic hydroxyl groups excluding tert-OH is 1. The molecule has 85 heavy (non-hydrogen) atoms. The first kappa shape index (κ1) is 76.3. The highest BCUT2D eigenvalue weighted by molar-refractivity contribution is 5.91. The van der Waals surface area contributed by atoms with Gasteiger partial charge in [-0.2, -0.15) is 0 Å². The van der Waals surface area contributed by atoms with Gasteiger partial charge in [0.15, 0.2) is 6.29 Å². The molecule has 21 heteroatoms. The molecule has 1 aliphatic heterocycles. The van der Waals surface area contributed by atoms with E-state index in [2.05, 4.69) is 42.0 Å². The van der Waals surface area contributed by atoms with Crippen LogP contribution in [-0.2, 0) is 68.4 Å². The summed E-state index contributed by atoms with van der Waals surface area (Å²) in [4.78, 5) is 101. The maximum Gasteiger partial charge on any atom is 0.328 e. The maximum absolute atomic E-state index is 14.5. The Labute approximate surface area is 510 Å². The Morgan fingerprint density at radius 1 is 0.800 bits per heavy atom. The highest BCUT2D eigenvalue weighted by Crippen LogP contribution is 2.30. The van der Waals surface area contributed by atoms with Crippen LogP contribution in [0.3, 0.4) is 0 Å². The van der Waals surface area contributed by atoms with E-state index in [1.807, 2.05) is 112 Å². The summed E-state index contributed by atoms with van der Waals surface area (Å²) >= 11 is 0. The second kappa shape index (κ2) is 37.8. The number of unbranched alkanes of at least 4 members (excludes halogenated alkanes) is 1. The van der Waals surface area contributed by atoms with Gasteiger partial charge in [-0.25, -0.2) is 4.79 Å². The summed E-state index contributed by atoms with van der Waals surface area (Å²) in [6.45, 7) is 28.0. The number of likely N-dealkylation sites (tertiary alicyclic amines) is 1. The molecule has 0 radical (unpaired) electrons. The second-order valence-corrected chi connectivity index (χ2v) is 26.2. The topological polar surface area (TPSA) is 253 Å². The number of amides is 6. The molecule has 12 atom stereocenters. The Morgan fingerprint density at radius 3 is 2.01 bits per heavy atom. The smallest absolute Gasteiger partial charge is 0.328 e. The normalized spacial score (nSPS) is 17.9. The standard InChI is InChI=1S/C64H113N7O14/c1-20-43(6)56(70(17)61(78)54(41(2)3)68-60(77)55(42(4)5)69(15)16)50(80-18)37-52(74)71-33-26-30-49(71)57(81-19)44(7)58(75)67-48(36-46-28-22-21-23-29-46)59(76)65-32-27-35-83-62(79)45(8)66-51(73)31-24-25-34-82-40-53(85-64(12,13)14)84-47(39-72)38-63(9,10)11/h21-23,28-29,41-45,47-50,53-57,72H,20,24-27,30-40H2,1-19H3,(H,65,76)(H,66,73)(H,67,75)(H,68,77). The Morgan fingerprint density at radius 2 is 1.46 bits per heavy atom. The molecule has 1 fully saturated rings. The van der Waals surface area contributed by atoms with Gasteiger partial charge in [0.25, 0.3) is 0 Å². The van der Waals surface area contributed by atoms with E-state index in [1.165, 1.54) is 14.2 Å². The van der Waals surface area contributed by atoms with E-state index in [1.54, 1.807) is 30.7 Å². The van der Waals surface area contributed by atoms with Gasteiger partial charge in [0.1, 0.15) is 18.1 Å². The van der Waals surface area contributed by atoms with Gasteiger partial charge >= 0.3 is 5.97 Å². The second-order valence-electron chi connectivity index (χ2n) is 26.2. The molecule has 6 amide bonds. The van der Waals surface area contributed by atoms with Crippen LogP contribution in [0.4, 0.5) is 0 Å². The van der Waals surface area contributed by atoms with Crippen molar-refractivity contribution in [1.29, 1.82) is 0 Å². The molecule has 1 aromatic rings. The van der Waals surface area contributed by atoms with Gasteiger partial charge in [-0.3, -0.25) is 33.7 Å². The maximum atomic E-state index is 14.5. The zero-order valence-electron chi connectivity index (χ0n) is 55.4. The van der Waals surface area contributed by atoms with Crippen LogP contribution in [0.25, 0.3) is 0 Å². The van der Waals surface area contributed by atoms with Crippen LogP contribution in [0.15, 0.2) is 30.3 Å². The van der Waals surface area contributed by atoms with Crippen molar-refractivity contribution < 1.29 is 67.1 Å². The van der Waals surface area contributed by atoms with E-state index >= 15 is 0 Å². The Hall–Kier alpha value is -4.77. The molecule has 12 unspecified atom stereocenters. The fourth-order valence-electron chi connectivity index (χ4n) is 11.1. The van der Waals surface area contributed by atoms with Crippen molar-refractivity contribution in [3.63, 3.8) is 0 Å². The summed E-state index contributed by atoms with van der Waals surface area (Å²) in [5.74, 6) is -3.60. The number of benzene rings is 1. The zero-order valence-corrected chi connectivity index (χ0v) is 55.4. The van der Waals surface area contributed by atoms with Crippen LogP contribution in [0.1, 0.15) is 160 Å². The monoisotopic (exact) mass is 1200 g/mol. The van der Waals surface area contributed by atoms with Gasteiger partial charge in [0, 0.05) is 53.8 Å². The summed E-state index contributed by atoms with van der Waals surface area (Å²) in [7, 11) is 8.44. The minimum Gasteiger partial charge on any atom is -0.464 e. The number of esters is 1. The van der Waals surface area contributed by atoms with Crippen molar-refractivity contribution in [2.75, 3.05) is 74.9 Å². The minimum atomic E-state index is -0.982. The molecular weight excluding hydrogens is 1090 g/mol. The number of nitrogens with zero attached hydrogens (tertiary/aromatic N) is 3. The molecule has 2 rings (SSSR count). The number of aliphatic hydroxyl groups is 1. The lowest BCUT2D eigenvalue weighted by Gasteiger charge is -2.41. The number of ether oxygens (including phenoxy) is 6. The summed E-state index contributed by atoms with van der Waals surface area (Å²) in [5.41, 5.74) is 0.276. The number of methoxy groups -OCH3 is 2. The van der Waals surface area contributed by atoms with E-state index in [9.17, 15) is 38.7 Å². The van der Waals surface area contributed by atoms with Crippen molar-refractivity contribution in [2.24, 2.45) is 29.1 Å². The first-order valence-corrected chi connectivity index (χ1v) is 31.0. The Bertz CT molecular complexity index is 2160. The van der Waals surface area contributed by atoms with E-state index in [-0.39, 0.29) is 98.8 Å². The van der Waals surface area contributed by atoms with Gasteiger partial charge in [-0.15, -0.1) is 0 Å². The largest absolute Gasteiger partial charge is 0.464 e. The molecule has 488 valence electrons. The fraction of sp³-hybridized carbons (Fsp3) is 0.797. The number of carbonyl (C=O) groups is 7. The predicted octanol–water partition coefficient (Wildman–Crippen LogP) is 6.06. The number of likely N-dealkylation sites (N-methyl/N-ethyl adjacent to an activating group) is 2. The average molecular weight is 1200 g/mol. The number of carbonyl (C=O) groups excluding carboxylic acids is 7. The molecule has 0 spiro atoms. The molecule has 5 N–H and O–H groups in total. The lowest BCUT2D eigenvalue weighted by atomic mass is 9.89. The number of rotatable bonds is 39. The lowest BCUT2D eigenvalue weighted by Crippen LogP contribution is -2.59. The van der Waals surface area contributed by atoms with Gasteiger partial charge in [0.2, 0.25) is 35.4 Å². The van der Waals surface area contributed by atoms with Gasteiger partial charge in [-0.1, -0.05) is 106 Å². The third-order valence-corrected chi connectivity index (χ3v) is 15.5. The highest BCUT2D eigenvalue weighted by atomic mass is 16.7. The third kappa shape index (κ3) is 27.0. The molecule has 1 heterocycles. The zero-order chi connectivity index (χ0) is 64.4. The summed E-state index contributed by atoms with van der Waals surface area (Å²) in [6, 6.07) is 5.18. The molecule has 1 aromatic carbocycles. The van der Waals surface area contributed by atoms with E-state index in [0.29, 0.717) is 51.7 Å². The number of hydrogen-bond donors (Lipinski definition) is 5. The molecule has 0 aliphatic carbocycles. The van der Waals surface area contributed by atoms with Gasteiger partial charge < -0.3 is 64.6 Å². The van der Waals surface area contributed by atoms with Crippen LogP contribution < -0.4 is 21.3 Å². The highest BCUT2D eigenvalue weighted by Gasteiger charge is 2.44. The molecule has 21 nitrogen and oxygen atoms in total. The quantitative estimate of drug-likeness (QED) is 0.0286. The van der Waals surface area contributed by atoms with Crippen LogP contribution >= 0.6 is 0 Å². The molecule has 0 aromatic heterocycles. The average Bonchev–Trinajstić information content (AvgIpc) is 4.14. The summed E-state index contributed by atoms with van der Waals surface area (Å²) in [5, 5.41) is 21.5. The van der Waals surface area contributed by atoms with E-state index in [4.69, 9.17) is 28.4 Å². The first-order valence-electron chi connectivity index (χ1n) is 31.0. The molecule has 1 aliphatic rings. The summed E-state index contributed by atoms with van der Waals surface area (Å²) < 4.78 is 35.5. The molecule has 0 saturated carbocycles. The predicted molar refractivity (Wildman–Crippen MR) is 329 cm³/mol. The SMILES string of the molecule is CCC(C)C(C(CC(=O)N1CCCC1C(OC)C(C)C(=O)NC(Cc1ccccc1)C(=O)NCCCOC(=O)C(C)NC(=O)CCCCOCC(OC(CO)CC(C)(C)C)OC(C)(C)C)OC)N(C)C(=O)C(NC(=O)C(C(C)C)N(C)C)C(C)C. The van der Waals surface area contributed by atoms with Crippen LogP contribution in [-0.4, -0.2) is 203 Å². The fourth-order valence-corrected chi connectivity index (χ4v) is 11.1. The van der Waals surface area contributed by atoms with Crippen molar-refractivity contribution in [1.82, 2.24) is 36.0 Å². The van der Waals surface area contributed by atoms with Crippen molar-refractivity contribution >= 4 is 41.4 Å². The van der Waals surface area contributed by atoms with Gasteiger partial charge in [0.05, 0.1) is 74.2 Å². The van der Waals surface area contributed by atoms with Crippen LogP contribution in [0.2, 0.25) is 0 Å². The summed E-state index contributed by atoms with van der Waals surface area (Å²) in [6.07, 6.45) is 1.75. The van der Waals surface area contributed by atoms with E-state index < -0.39 is 90.2 Å². The third-order valence-electron chi connectivity index (χ3n) is 15.5. The van der Waals surface area contributed by atoms with Gasteiger partial charge in [-0.05, 0) is 109 Å². The molecular formula is C64H113N7O14. The minimum absolute atomic E-state index is 0.00869. The molecule has 0 bridgehead atoms. The molecule has 1 saturated heterocycles. The Balaban J connectivity index is 2.04. The van der Waals surface area contributed by atoms with E-state index in [0.717, 1.165) is 5.56 Å².